The molecule has 0 radical (unpaired) electrons. The molecule has 22 heavy (non-hydrogen) atoms. The first-order chi connectivity index (χ1) is 10.7. The summed E-state index contributed by atoms with van der Waals surface area (Å²) in [4.78, 5) is 10.5. The normalized spacial score (nSPS) is 12.7. The molecule has 1 unspecified atom stereocenters. The molecule has 114 valence electrons. The first-order valence-electron chi connectivity index (χ1n) is 7.04. The molecule has 0 N–H and O–H groups in total. The zero-order valence-electron chi connectivity index (χ0n) is 12.5. The Morgan fingerprint density at radius 2 is 2.18 bits per heavy atom. The summed E-state index contributed by atoms with van der Waals surface area (Å²) < 4.78 is 10.9. The van der Waals surface area contributed by atoms with Gasteiger partial charge in [0, 0.05) is 31.1 Å². The predicted molar refractivity (Wildman–Crippen MR) is 78.7 cm³/mol. The molecular formula is C15H17N5O2. The molecule has 0 saturated heterocycles. The highest BCUT2D eigenvalue weighted by Crippen LogP contribution is 2.18. The van der Waals surface area contributed by atoms with E-state index in [1.165, 1.54) is 0 Å². The molecule has 0 aliphatic carbocycles. The van der Waals surface area contributed by atoms with Gasteiger partial charge in [0.1, 0.15) is 0 Å². The minimum atomic E-state index is 0.274. The fourth-order valence-electron chi connectivity index (χ4n) is 2.08. The second kappa shape index (κ2) is 6.48. The van der Waals surface area contributed by atoms with Crippen LogP contribution in [0.15, 0.2) is 45.8 Å². The van der Waals surface area contributed by atoms with Gasteiger partial charge in [-0.25, -0.2) is 0 Å². The van der Waals surface area contributed by atoms with E-state index in [4.69, 9.17) is 8.83 Å². The van der Waals surface area contributed by atoms with Crippen LogP contribution in [-0.4, -0.2) is 38.2 Å². The van der Waals surface area contributed by atoms with Crippen LogP contribution in [-0.2, 0) is 13.0 Å². The zero-order chi connectivity index (χ0) is 15.4. The zero-order valence-corrected chi connectivity index (χ0v) is 12.5. The van der Waals surface area contributed by atoms with Crippen molar-refractivity contribution in [1.29, 1.82) is 0 Å². The van der Waals surface area contributed by atoms with E-state index in [2.05, 4.69) is 32.0 Å². The smallest absolute Gasteiger partial charge is 0.283 e. The first kappa shape index (κ1) is 14.4. The van der Waals surface area contributed by atoms with Crippen molar-refractivity contribution in [3.05, 3.63) is 48.6 Å². The van der Waals surface area contributed by atoms with Gasteiger partial charge >= 0.3 is 0 Å². The van der Waals surface area contributed by atoms with Gasteiger partial charge in [0.25, 0.3) is 5.89 Å². The Balaban J connectivity index is 1.60. The summed E-state index contributed by atoms with van der Waals surface area (Å²) in [6.07, 6.45) is 7.55. The lowest BCUT2D eigenvalue weighted by molar-refractivity contribution is 0.223. The molecule has 3 rings (SSSR count). The lowest BCUT2D eigenvalue weighted by Gasteiger charge is -2.22. The summed E-state index contributed by atoms with van der Waals surface area (Å²) in [6.45, 7) is 2.69. The molecule has 0 fully saturated rings. The fraction of sp³-hybridized carbons (Fsp3) is 0.333. The van der Waals surface area contributed by atoms with Crippen molar-refractivity contribution in [1.82, 2.24) is 25.1 Å². The number of nitrogens with zero attached hydrogens (tertiary/aromatic N) is 5. The maximum atomic E-state index is 5.61. The van der Waals surface area contributed by atoms with Gasteiger partial charge in [-0.2, -0.15) is 0 Å². The number of hydrogen-bond donors (Lipinski definition) is 0. The van der Waals surface area contributed by atoms with E-state index < -0.39 is 0 Å². The highest BCUT2D eigenvalue weighted by atomic mass is 16.4. The van der Waals surface area contributed by atoms with Gasteiger partial charge in [0.15, 0.2) is 5.76 Å². The highest BCUT2D eigenvalue weighted by Gasteiger charge is 2.16. The summed E-state index contributed by atoms with van der Waals surface area (Å²) in [5.41, 5.74) is 0.962. The van der Waals surface area contributed by atoms with E-state index in [1.807, 2.05) is 7.05 Å². The first-order valence-corrected chi connectivity index (χ1v) is 7.04. The predicted octanol–water partition coefficient (Wildman–Crippen LogP) is 2.18. The Morgan fingerprint density at radius 1 is 1.27 bits per heavy atom. The van der Waals surface area contributed by atoms with Crippen LogP contribution >= 0.6 is 0 Å². The topological polar surface area (TPSA) is 81.1 Å². The Morgan fingerprint density at radius 3 is 2.91 bits per heavy atom. The van der Waals surface area contributed by atoms with Gasteiger partial charge in [-0.05, 0) is 26.1 Å². The van der Waals surface area contributed by atoms with Crippen LogP contribution < -0.4 is 0 Å². The van der Waals surface area contributed by atoms with Crippen molar-refractivity contribution in [3.8, 4) is 11.7 Å². The third-order valence-electron chi connectivity index (χ3n) is 3.46. The molecule has 0 saturated carbocycles. The number of hydrogen-bond acceptors (Lipinski definition) is 7. The van der Waals surface area contributed by atoms with Gasteiger partial charge in [0.2, 0.25) is 5.89 Å². The molecule has 3 aromatic rings. The molecule has 0 aliphatic heterocycles. The van der Waals surface area contributed by atoms with Crippen LogP contribution in [0.25, 0.3) is 11.7 Å². The molecule has 0 aromatic carbocycles. The summed E-state index contributed by atoms with van der Waals surface area (Å²) >= 11 is 0. The minimum Gasteiger partial charge on any atom is -0.459 e. The highest BCUT2D eigenvalue weighted by molar-refractivity contribution is 5.42. The van der Waals surface area contributed by atoms with Crippen molar-refractivity contribution in [3.63, 3.8) is 0 Å². The average molecular weight is 299 g/mol. The number of likely N-dealkylation sites (N-methyl/N-ethyl adjacent to an activating group) is 1. The van der Waals surface area contributed by atoms with Crippen molar-refractivity contribution >= 4 is 0 Å². The average Bonchev–Trinajstić information content (AvgIpc) is 3.19. The molecule has 7 heteroatoms. The standard InChI is InChI=1S/C15H17N5O2/c1-11(8-12-9-16-5-6-17-12)20(2)10-14-18-19-15(22-14)13-4-3-7-21-13/h3-7,9,11H,8,10H2,1-2H3. The largest absolute Gasteiger partial charge is 0.459 e. The van der Waals surface area contributed by atoms with Gasteiger partial charge < -0.3 is 8.83 Å². The van der Waals surface area contributed by atoms with E-state index in [9.17, 15) is 0 Å². The Bertz CT molecular complexity index is 696. The van der Waals surface area contributed by atoms with Gasteiger partial charge in [0.05, 0.1) is 18.5 Å². The molecule has 3 heterocycles. The van der Waals surface area contributed by atoms with E-state index in [0.29, 0.717) is 24.1 Å². The Hall–Kier alpha value is -2.54. The lowest BCUT2D eigenvalue weighted by Crippen LogP contribution is -2.30. The van der Waals surface area contributed by atoms with E-state index in [1.54, 1.807) is 37.0 Å². The van der Waals surface area contributed by atoms with Crippen LogP contribution in [0.5, 0.6) is 0 Å². The molecule has 0 aliphatic rings. The Labute approximate surface area is 128 Å². The molecule has 3 aromatic heterocycles. The van der Waals surface area contributed by atoms with Crippen LogP contribution in [0.2, 0.25) is 0 Å². The van der Waals surface area contributed by atoms with Crippen LogP contribution in [0, 0.1) is 0 Å². The van der Waals surface area contributed by atoms with E-state index >= 15 is 0 Å². The van der Waals surface area contributed by atoms with Crippen LogP contribution in [0.1, 0.15) is 18.5 Å². The summed E-state index contributed by atoms with van der Waals surface area (Å²) in [5, 5.41) is 8.05. The van der Waals surface area contributed by atoms with E-state index in [-0.39, 0.29) is 6.04 Å². The second-order valence-electron chi connectivity index (χ2n) is 5.14. The molecule has 0 amide bonds. The number of aromatic nitrogens is 4. The monoisotopic (exact) mass is 299 g/mol. The third kappa shape index (κ3) is 3.37. The molecule has 0 spiro atoms. The third-order valence-corrected chi connectivity index (χ3v) is 3.46. The fourth-order valence-corrected chi connectivity index (χ4v) is 2.08. The summed E-state index contributed by atoms with van der Waals surface area (Å²) in [7, 11) is 2.01. The SMILES string of the molecule is CC(Cc1cnccn1)N(C)Cc1nnc(-c2ccco2)o1. The van der Waals surface area contributed by atoms with Crippen molar-refractivity contribution < 1.29 is 8.83 Å². The van der Waals surface area contributed by atoms with Gasteiger partial charge in [-0.1, -0.05) is 0 Å². The summed E-state index contributed by atoms with van der Waals surface area (Å²) in [5.74, 6) is 1.53. The lowest BCUT2D eigenvalue weighted by atomic mass is 10.1. The number of furan rings is 1. The molecule has 7 nitrogen and oxygen atoms in total. The minimum absolute atomic E-state index is 0.274. The van der Waals surface area contributed by atoms with Gasteiger partial charge in [-0.3, -0.25) is 14.9 Å². The van der Waals surface area contributed by atoms with Crippen molar-refractivity contribution in [2.24, 2.45) is 0 Å². The van der Waals surface area contributed by atoms with Crippen LogP contribution in [0.4, 0.5) is 0 Å². The second-order valence-corrected chi connectivity index (χ2v) is 5.14. The quantitative estimate of drug-likeness (QED) is 0.690. The van der Waals surface area contributed by atoms with E-state index in [0.717, 1.165) is 12.1 Å². The van der Waals surface area contributed by atoms with Crippen molar-refractivity contribution in [2.45, 2.75) is 25.9 Å². The number of rotatable bonds is 6. The molecule has 0 bridgehead atoms. The molecular weight excluding hydrogens is 282 g/mol. The van der Waals surface area contributed by atoms with Crippen molar-refractivity contribution in [2.75, 3.05) is 7.05 Å². The maximum absolute atomic E-state index is 5.61. The van der Waals surface area contributed by atoms with Crippen LogP contribution in [0.3, 0.4) is 0 Å². The maximum Gasteiger partial charge on any atom is 0.283 e. The van der Waals surface area contributed by atoms with Gasteiger partial charge in [-0.15, -0.1) is 10.2 Å². The summed E-state index contributed by atoms with van der Waals surface area (Å²) in [6, 6.07) is 3.85. The molecule has 1 atom stereocenters. The Kier molecular flexibility index (Phi) is 4.24.